The Balaban J connectivity index is 1.46. The number of fused-ring (bicyclic) bond motifs is 2. The SMILES string of the molecule is CNCCC1CN(c2ncnc3sc(C(=O)NC4CCOCC4)nc23)c2ccc(F)cc21. The molecule has 32 heavy (non-hydrogen) atoms. The first-order valence-corrected chi connectivity index (χ1v) is 11.7. The summed E-state index contributed by atoms with van der Waals surface area (Å²) in [5.74, 6) is 0.388. The van der Waals surface area contributed by atoms with Gasteiger partial charge in [-0.2, -0.15) is 0 Å². The predicted molar refractivity (Wildman–Crippen MR) is 121 cm³/mol. The van der Waals surface area contributed by atoms with Crippen molar-refractivity contribution in [3.63, 3.8) is 0 Å². The van der Waals surface area contributed by atoms with Crippen LogP contribution in [0.1, 0.15) is 40.5 Å². The maximum Gasteiger partial charge on any atom is 0.280 e. The van der Waals surface area contributed by atoms with Crippen molar-refractivity contribution in [3.8, 4) is 0 Å². The monoisotopic (exact) mass is 456 g/mol. The third kappa shape index (κ3) is 4.05. The molecule has 8 nitrogen and oxygen atoms in total. The molecule has 1 amide bonds. The second-order valence-corrected chi connectivity index (χ2v) is 9.11. The summed E-state index contributed by atoms with van der Waals surface area (Å²) in [7, 11) is 1.91. The molecule has 3 aromatic rings. The van der Waals surface area contributed by atoms with Gasteiger partial charge in [-0.15, -0.1) is 0 Å². The van der Waals surface area contributed by atoms with Crippen LogP contribution >= 0.6 is 11.3 Å². The fraction of sp³-hybridized carbons (Fsp3) is 0.455. The highest BCUT2D eigenvalue weighted by Gasteiger charge is 2.32. The van der Waals surface area contributed by atoms with Gasteiger partial charge in [0.15, 0.2) is 10.8 Å². The molecule has 1 saturated heterocycles. The summed E-state index contributed by atoms with van der Waals surface area (Å²) in [6, 6.07) is 4.98. The van der Waals surface area contributed by atoms with E-state index in [1.807, 2.05) is 7.05 Å². The number of nitrogens with zero attached hydrogens (tertiary/aromatic N) is 4. The number of halogens is 1. The second kappa shape index (κ2) is 9.05. The standard InChI is InChI=1S/C22H25FN6O2S/c1-24-7-4-13-11-29(17-3-2-14(23)10-16(13)17)19-18-21(26-12-25-19)32-22(28-18)20(30)27-15-5-8-31-9-6-15/h2-3,10,12-13,15,24H,4-9,11H2,1H3,(H,27,30). The minimum absolute atomic E-state index is 0.0992. The minimum Gasteiger partial charge on any atom is -0.381 e. The number of nitrogens with one attached hydrogen (secondary N) is 2. The maximum atomic E-state index is 14.0. The van der Waals surface area contributed by atoms with Crippen LogP contribution in [0.3, 0.4) is 0 Å². The van der Waals surface area contributed by atoms with Crippen LogP contribution < -0.4 is 15.5 Å². The highest BCUT2D eigenvalue weighted by Crippen LogP contribution is 2.43. The molecule has 2 N–H and O–H groups in total. The Labute approximate surface area is 189 Å². The first-order valence-electron chi connectivity index (χ1n) is 10.9. The average molecular weight is 457 g/mol. The summed E-state index contributed by atoms with van der Waals surface area (Å²) in [5.41, 5.74) is 2.49. The van der Waals surface area contributed by atoms with Crippen LogP contribution in [0.25, 0.3) is 10.3 Å². The number of hydrogen-bond donors (Lipinski definition) is 2. The molecule has 4 heterocycles. The number of thiazole rings is 1. The summed E-state index contributed by atoms with van der Waals surface area (Å²) < 4.78 is 19.4. The summed E-state index contributed by atoms with van der Waals surface area (Å²) >= 11 is 1.26. The van der Waals surface area contributed by atoms with Crippen LogP contribution in [0.15, 0.2) is 24.5 Å². The smallest absolute Gasteiger partial charge is 0.280 e. The lowest BCUT2D eigenvalue weighted by molar-refractivity contribution is 0.0696. The maximum absolute atomic E-state index is 14.0. The van der Waals surface area contributed by atoms with Crippen molar-refractivity contribution >= 4 is 39.1 Å². The van der Waals surface area contributed by atoms with Crippen LogP contribution in [-0.2, 0) is 4.74 Å². The zero-order chi connectivity index (χ0) is 22.1. The Hall–Kier alpha value is -2.69. The fourth-order valence-corrected chi connectivity index (χ4v) is 5.21. The Morgan fingerprint density at radius 3 is 2.97 bits per heavy atom. The highest BCUT2D eigenvalue weighted by atomic mass is 32.1. The molecule has 2 aliphatic rings. The number of hydrogen-bond acceptors (Lipinski definition) is 8. The van der Waals surface area contributed by atoms with Crippen LogP contribution in [0.2, 0.25) is 0 Å². The number of benzene rings is 1. The van der Waals surface area contributed by atoms with E-state index in [0.29, 0.717) is 40.9 Å². The van der Waals surface area contributed by atoms with Gasteiger partial charge in [-0.3, -0.25) is 4.79 Å². The van der Waals surface area contributed by atoms with E-state index in [9.17, 15) is 9.18 Å². The fourth-order valence-electron chi connectivity index (χ4n) is 4.41. The van der Waals surface area contributed by atoms with Gasteiger partial charge in [-0.05, 0) is 56.6 Å². The number of rotatable bonds is 6. The minimum atomic E-state index is -0.242. The van der Waals surface area contributed by atoms with Gasteiger partial charge in [-0.1, -0.05) is 11.3 Å². The van der Waals surface area contributed by atoms with Gasteiger partial charge in [0.1, 0.15) is 22.5 Å². The van der Waals surface area contributed by atoms with E-state index >= 15 is 0 Å². The van der Waals surface area contributed by atoms with Gasteiger partial charge in [0.2, 0.25) is 0 Å². The first-order chi connectivity index (χ1) is 15.6. The third-order valence-corrected chi connectivity index (χ3v) is 7.01. The van der Waals surface area contributed by atoms with Crippen molar-refractivity contribution in [3.05, 3.63) is 40.9 Å². The lowest BCUT2D eigenvalue weighted by Crippen LogP contribution is -2.38. The molecular weight excluding hydrogens is 431 g/mol. The number of ether oxygens (including phenoxy) is 1. The predicted octanol–water partition coefficient (Wildman–Crippen LogP) is 2.98. The van der Waals surface area contributed by atoms with Crippen molar-refractivity contribution in [1.29, 1.82) is 0 Å². The molecule has 1 atom stereocenters. The lowest BCUT2D eigenvalue weighted by Gasteiger charge is -2.22. The molecule has 1 aromatic carbocycles. The number of carbonyl (C=O) groups is 1. The molecule has 0 bridgehead atoms. The molecule has 0 spiro atoms. The molecular formula is C22H25FN6O2S. The molecule has 5 rings (SSSR count). The largest absolute Gasteiger partial charge is 0.381 e. The molecule has 10 heteroatoms. The van der Waals surface area contributed by atoms with Crippen molar-refractivity contribution in [2.24, 2.45) is 0 Å². The van der Waals surface area contributed by atoms with Gasteiger partial charge in [0.25, 0.3) is 5.91 Å². The van der Waals surface area contributed by atoms with Crippen LogP contribution in [-0.4, -0.2) is 60.3 Å². The van der Waals surface area contributed by atoms with E-state index in [-0.39, 0.29) is 23.7 Å². The Morgan fingerprint density at radius 1 is 1.31 bits per heavy atom. The summed E-state index contributed by atoms with van der Waals surface area (Å²) in [6.07, 6.45) is 3.99. The molecule has 2 aromatic heterocycles. The third-order valence-electron chi connectivity index (χ3n) is 6.05. The van der Waals surface area contributed by atoms with E-state index in [1.165, 1.54) is 23.7 Å². The zero-order valence-electron chi connectivity index (χ0n) is 17.8. The molecule has 1 unspecified atom stereocenters. The zero-order valence-corrected chi connectivity index (χ0v) is 18.6. The summed E-state index contributed by atoms with van der Waals surface area (Å²) in [4.78, 5) is 29.0. The molecule has 1 fully saturated rings. The molecule has 0 radical (unpaired) electrons. The Kier molecular flexibility index (Phi) is 5.99. The van der Waals surface area contributed by atoms with Gasteiger partial charge in [0.05, 0.1) is 0 Å². The van der Waals surface area contributed by atoms with Gasteiger partial charge in [-0.25, -0.2) is 19.3 Å². The molecule has 0 aliphatic carbocycles. The Bertz CT molecular complexity index is 1130. The normalized spacial score (nSPS) is 18.8. The first kappa shape index (κ1) is 21.2. The molecule has 168 valence electrons. The van der Waals surface area contributed by atoms with Crippen molar-refractivity contribution in [1.82, 2.24) is 25.6 Å². The quantitative estimate of drug-likeness (QED) is 0.589. The summed E-state index contributed by atoms with van der Waals surface area (Å²) in [5, 5.41) is 6.60. The van der Waals surface area contributed by atoms with Crippen LogP contribution in [0.4, 0.5) is 15.9 Å². The van der Waals surface area contributed by atoms with E-state index in [2.05, 4.69) is 30.5 Å². The number of aromatic nitrogens is 3. The van der Waals surface area contributed by atoms with Gasteiger partial charge in [0, 0.05) is 37.4 Å². The van der Waals surface area contributed by atoms with E-state index < -0.39 is 0 Å². The van der Waals surface area contributed by atoms with Crippen molar-refractivity contribution in [2.75, 3.05) is 38.3 Å². The highest BCUT2D eigenvalue weighted by molar-refractivity contribution is 7.20. The van der Waals surface area contributed by atoms with E-state index in [4.69, 9.17) is 4.74 Å². The summed E-state index contributed by atoms with van der Waals surface area (Å²) in [6.45, 7) is 2.82. The topological polar surface area (TPSA) is 92.3 Å². The number of amides is 1. The number of carbonyl (C=O) groups excluding carboxylic acids is 1. The van der Waals surface area contributed by atoms with Crippen LogP contribution in [0, 0.1) is 5.82 Å². The number of anilines is 2. The second-order valence-electron chi connectivity index (χ2n) is 8.13. The lowest BCUT2D eigenvalue weighted by atomic mass is 9.98. The van der Waals surface area contributed by atoms with E-state index in [0.717, 1.165) is 37.1 Å². The average Bonchev–Trinajstić information content (AvgIpc) is 3.40. The van der Waals surface area contributed by atoms with Crippen molar-refractivity contribution < 1.29 is 13.9 Å². The van der Waals surface area contributed by atoms with Gasteiger partial charge < -0.3 is 20.3 Å². The Morgan fingerprint density at radius 2 is 2.16 bits per heavy atom. The molecule has 0 saturated carbocycles. The van der Waals surface area contributed by atoms with Gasteiger partial charge >= 0.3 is 0 Å². The molecule has 2 aliphatic heterocycles. The van der Waals surface area contributed by atoms with E-state index in [1.54, 1.807) is 12.1 Å². The van der Waals surface area contributed by atoms with Crippen molar-refractivity contribution in [2.45, 2.75) is 31.2 Å². The van der Waals surface area contributed by atoms with Crippen LogP contribution in [0.5, 0.6) is 0 Å².